The highest BCUT2D eigenvalue weighted by atomic mass is 16.3. The van der Waals surface area contributed by atoms with Gasteiger partial charge >= 0.3 is 0 Å². The van der Waals surface area contributed by atoms with Gasteiger partial charge in [0.1, 0.15) is 22.3 Å². The van der Waals surface area contributed by atoms with Gasteiger partial charge in [0.25, 0.3) is 0 Å². The molecule has 9 aromatic carbocycles. The first-order chi connectivity index (χ1) is 32.0. The van der Waals surface area contributed by atoms with Gasteiger partial charge in [0, 0.05) is 66.5 Å². The monoisotopic (exact) mass is 849 g/mol. The first-order valence-corrected chi connectivity index (χ1v) is 23.3. The molecule has 3 aliphatic rings. The zero-order valence-electron chi connectivity index (χ0n) is 38.0. The molecule has 0 unspecified atom stereocenters. The molecular weight excluding hydrogens is 803 g/mol. The van der Waals surface area contributed by atoms with E-state index in [1.54, 1.807) is 0 Å². The van der Waals surface area contributed by atoms with E-state index < -0.39 is 0 Å². The number of hydrogen-bond donors (Lipinski definition) is 0. The molecule has 316 valence electrons. The van der Waals surface area contributed by atoms with E-state index in [1.807, 2.05) is 6.07 Å². The number of hydrogen-bond acceptors (Lipinski definition) is 3. The molecule has 11 aromatic rings. The minimum Gasteiger partial charge on any atom is -0.456 e. The highest BCUT2D eigenvalue weighted by Gasteiger charge is 2.39. The molecule has 3 heteroatoms. The van der Waals surface area contributed by atoms with E-state index in [-0.39, 0.29) is 16.2 Å². The van der Waals surface area contributed by atoms with Crippen molar-refractivity contribution >= 4 is 60.9 Å². The second-order valence-electron chi connectivity index (χ2n) is 20.4. The van der Waals surface area contributed by atoms with Crippen molar-refractivity contribution in [3.8, 4) is 44.5 Å². The first kappa shape index (κ1) is 37.7. The first-order valence-electron chi connectivity index (χ1n) is 23.3. The van der Waals surface area contributed by atoms with Crippen molar-refractivity contribution in [3.63, 3.8) is 0 Å². The van der Waals surface area contributed by atoms with E-state index in [2.05, 4.69) is 216 Å². The summed E-state index contributed by atoms with van der Waals surface area (Å²) in [6.07, 6.45) is 0. The van der Waals surface area contributed by atoms with Crippen LogP contribution < -0.4 is 4.90 Å². The standard InChI is InChI=1S/C63H47NO2/c1-61(2)49-19-11-7-15-40(49)43-27-23-36(31-52(43)61)58-59-47-18-10-14-22-55(47)65-57(59)35-48-46-30-26-39(34-56(46)66-60(48)58)64(37-24-28-44-41-16-8-12-20-50(41)62(3,4)53(44)32-37)38-25-29-45-42-17-9-13-21-51(42)63(5,6)54(45)33-38/h7-35H,1-6H3. The summed E-state index contributed by atoms with van der Waals surface area (Å²) in [5, 5.41) is 4.27. The maximum absolute atomic E-state index is 7.29. The second-order valence-corrected chi connectivity index (χ2v) is 20.4. The quantitative estimate of drug-likeness (QED) is 0.177. The van der Waals surface area contributed by atoms with Crippen LogP contribution in [0.15, 0.2) is 185 Å². The van der Waals surface area contributed by atoms with Crippen LogP contribution in [0.25, 0.3) is 88.4 Å². The molecule has 0 bridgehead atoms. The molecule has 3 nitrogen and oxygen atoms in total. The van der Waals surface area contributed by atoms with Gasteiger partial charge in [0.05, 0.1) is 0 Å². The van der Waals surface area contributed by atoms with Gasteiger partial charge in [-0.05, 0) is 127 Å². The minimum atomic E-state index is -0.148. The predicted octanol–water partition coefficient (Wildman–Crippen LogP) is 17.5. The number of anilines is 3. The summed E-state index contributed by atoms with van der Waals surface area (Å²) >= 11 is 0. The number of fused-ring (bicyclic) bond motifs is 15. The molecule has 66 heavy (non-hydrogen) atoms. The van der Waals surface area contributed by atoms with Gasteiger partial charge in [-0.2, -0.15) is 0 Å². The van der Waals surface area contributed by atoms with Crippen LogP contribution in [-0.2, 0) is 16.2 Å². The van der Waals surface area contributed by atoms with Gasteiger partial charge in [-0.1, -0.05) is 157 Å². The molecule has 0 N–H and O–H groups in total. The van der Waals surface area contributed by atoms with E-state index in [0.717, 1.165) is 72.1 Å². The number of furan rings is 2. The summed E-state index contributed by atoms with van der Waals surface area (Å²) in [5.74, 6) is 0. The lowest BCUT2D eigenvalue weighted by molar-refractivity contribution is 0.660. The average molecular weight is 850 g/mol. The van der Waals surface area contributed by atoms with Crippen molar-refractivity contribution in [2.45, 2.75) is 57.8 Å². The van der Waals surface area contributed by atoms with Gasteiger partial charge in [-0.15, -0.1) is 0 Å². The Labute approximate surface area is 384 Å². The molecule has 0 radical (unpaired) electrons. The molecule has 0 aliphatic heterocycles. The van der Waals surface area contributed by atoms with E-state index in [9.17, 15) is 0 Å². The van der Waals surface area contributed by atoms with Crippen molar-refractivity contribution in [3.05, 3.63) is 209 Å². The lowest BCUT2D eigenvalue weighted by Crippen LogP contribution is -2.18. The third-order valence-electron chi connectivity index (χ3n) is 15.9. The van der Waals surface area contributed by atoms with Crippen LogP contribution in [0.2, 0.25) is 0 Å². The summed E-state index contributed by atoms with van der Waals surface area (Å²) in [6, 6.07) is 65.1. The highest BCUT2D eigenvalue weighted by molar-refractivity contribution is 6.23. The van der Waals surface area contributed by atoms with Gasteiger partial charge < -0.3 is 13.7 Å². The molecule has 3 aliphatic carbocycles. The van der Waals surface area contributed by atoms with Gasteiger partial charge in [0.2, 0.25) is 0 Å². The maximum Gasteiger partial charge on any atom is 0.144 e. The maximum atomic E-state index is 7.29. The Balaban J connectivity index is 0.995. The molecule has 2 heterocycles. The topological polar surface area (TPSA) is 29.5 Å². The predicted molar refractivity (Wildman–Crippen MR) is 274 cm³/mol. The number of nitrogens with zero attached hydrogens (tertiary/aromatic N) is 1. The van der Waals surface area contributed by atoms with Crippen LogP contribution in [-0.4, -0.2) is 0 Å². The largest absolute Gasteiger partial charge is 0.456 e. The lowest BCUT2D eigenvalue weighted by Gasteiger charge is -2.29. The van der Waals surface area contributed by atoms with Crippen LogP contribution in [0.4, 0.5) is 17.1 Å². The summed E-state index contributed by atoms with van der Waals surface area (Å²) in [7, 11) is 0. The van der Waals surface area contributed by atoms with Crippen LogP contribution in [0.5, 0.6) is 0 Å². The fourth-order valence-corrected chi connectivity index (χ4v) is 12.5. The van der Waals surface area contributed by atoms with Crippen LogP contribution in [0.3, 0.4) is 0 Å². The van der Waals surface area contributed by atoms with Crippen molar-refractivity contribution < 1.29 is 8.83 Å². The lowest BCUT2D eigenvalue weighted by atomic mass is 9.81. The molecular formula is C63H47NO2. The third-order valence-corrected chi connectivity index (χ3v) is 15.9. The van der Waals surface area contributed by atoms with Crippen LogP contribution >= 0.6 is 0 Å². The Morgan fingerprint density at radius 2 is 0.803 bits per heavy atom. The summed E-state index contributed by atoms with van der Waals surface area (Å²) in [4.78, 5) is 2.44. The number of para-hydroxylation sites is 1. The molecule has 0 amide bonds. The van der Waals surface area contributed by atoms with Gasteiger partial charge in [-0.25, -0.2) is 0 Å². The average Bonchev–Trinajstić information content (AvgIpc) is 4.07. The van der Waals surface area contributed by atoms with Gasteiger partial charge in [-0.3, -0.25) is 0 Å². The van der Waals surface area contributed by atoms with E-state index >= 15 is 0 Å². The highest BCUT2D eigenvalue weighted by Crippen LogP contribution is 2.55. The van der Waals surface area contributed by atoms with Crippen molar-refractivity contribution in [1.29, 1.82) is 0 Å². The third kappa shape index (κ3) is 4.87. The SMILES string of the molecule is CC1(C)c2ccccc2-c2ccc(-c3c4oc5cc(N(c6ccc7c(c6)C(C)(C)c6ccccc6-7)c6ccc7c(c6)C(C)(C)c6ccccc6-7)ccc5c4cc4oc5ccccc5c34)cc21. The number of benzene rings is 9. The van der Waals surface area contributed by atoms with Crippen molar-refractivity contribution in [2.24, 2.45) is 0 Å². The zero-order chi connectivity index (χ0) is 44.4. The fraction of sp³-hybridized carbons (Fsp3) is 0.143. The molecule has 2 aromatic heterocycles. The Morgan fingerprint density at radius 3 is 1.39 bits per heavy atom. The molecule has 0 saturated heterocycles. The minimum absolute atomic E-state index is 0.148. The Kier molecular flexibility index (Phi) is 7.32. The number of rotatable bonds is 4. The Hall–Kier alpha value is -7.62. The molecule has 0 saturated carbocycles. The van der Waals surface area contributed by atoms with Crippen LogP contribution in [0.1, 0.15) is 74.9 Å². The normalized spacial score (nSPS) is 15.5. The molecule has 0 fully saturated rings. The zero-order valence-corrected chi connectivity index (χ0v) is 38.0. The Morgan fingerprint density at radius 1 is 0.333 bits per heavy atom. The van der Waals surface area contributed by atoms with Crippen molar-refractivity contribution in [2.75, 3.05) is 4.90 Å². The summed E-state index contributed by atoms with van der Waals surface area (Å²) < 4.78 is 14.0. The van der Waals surface area contributed by atoms with Crippen molar-refractivity contribution in [1.82, 2.24) is 0 Å². The molecule has 0 atom stereocenters. The van der Waals surface area contributed by atoms with Gasteiger partial charge in [0.15, 0.2) is 0 Å². The second kappa shape index (κ2) is 12.8. The summed E-state index contributed by atoms with van der Waals surface area (Å²) in [6.45, 7) is 14.1. The molecule has 0 spiro atoms. The smallest absolute Gasteiger partial charge is 0.144 e. The Bertz CT molecular complexity index is 3820. The molecule has 14 rings (SSSR count). The van der Waals surface area contributed by atoms with E-state index in [1.165, 1.54) is 66.8 Å². The summed E-state index contributed by atoms with van der Waals surface area (Å²) in [5.41, 5.74) is 24.4. The fourth-order valence-electron chi connectivity index (χ4n) is 12.5. The van der Waals surface area contributed by atoms with Crippen LogP contribution in [0, 0.1) is 0 Å². The van der Waals surface area contributed by atoms with E-state index in [0.29, 0.717) is 0 Å². The van der Waals surface area contributed by atoms with E-state index in [4.69, 9.17) is 8.83 Å².